The number of allylic oxidation sites excluding steroid dienone is 1. The number of thiazole rings is 1. The fourth-order valence-electron chi connectivity index (χ4n) is 5.12. The number of halogens is 1. The number of anilines is 1. The average molecular weight is 495 g/mol. The number of carboxylic acid groups (broad SMARTS) is 1. The normalized spacial score (nSPS) is 26.0. The van der Waals surface area contributed by atoms with Gasteiger partial charge >= 0.3 is 5.97 Å². The summed E-state index contributed by atoms with van der Waals surface area (Å²) in [7, 11) is 0. The van der Waals surface area contributed by atoms with Gasteiger partial charge in [-0.05, 0) is 24.0 Å². The third-order valence-electron chi connectivity index (χ3n) is 6.84. The van der Waals surface area contributed by atoms with Crippen molar-refractivity contribution in [3.8, 4) is 11.3 Å². The molecule has 1 amide bonds. The van der Waals surface area contributed by atoms with Gasteiger partial charge in [0.2, 0.25) is 5.91 Å². The number of amides is 1. The molecule has 0 saturated heterocycles. The molecule has 2 N–H and O–H groups in total. The number of carbonyl (C=O) groups is 2. The van der Waals surface area contributed by atoms with Crippen molar-refractivity contribution < 1.29 is 19.8 Å². The molecular weight excluding hydrogens is 472 g/mol. The molecule has 2 heterocycles. The number of carbonyl (C=O) groups excluding carboxylic acids is 1. The van der Waals surface area contributed by atoms with Gasteiger partial charge in [-0.1, -0.05) is 72.3 Å². The predicted molar refractivity (Wildman–Crippen MR) is 132 cm³/mol. The SMILES string of the molecule is O=C(O)C[C@@H]1C(=O)N(c2nc(-c3ccccc3Cl)cs2)C(CO)C=CC2C[C@@]21c1ccccc1. The monoisotopic (exact) mass is 494 g/mol. The Bertz CT molecular complexity index is 1260. The lowest BCUT2D eigenvalue weighted by atomic mass is 9.77. The Morgan fingerprint density at radius 3 is 2.59 bits per heavy atom. The van der Waals surface area contributed by atoms with Gasteiger partial charge in [-0.3, -0.25) is 14.5 Å². The first kappa shape index (κ1) is 22.8. The molecule has 1 aromatic heterocycles. The van der Waals surface area contributed by atoms with E-state index in [1.165, 1.54) is 16.2 Å². The van der Waals surface area contributed by atoms with E-state index in [0.29, 0.717) is 22.3 Å². The second kappa shape index (κ2) is 8.98. The molecule has 4 atom stereocenters. The van der Waals surface area contributed by atoms with Crippen LogP contribution in [0.1, 0.15) is 18.4 Å². The zero-order chi connectivity index (χ0) is 23.9. The number of aliphatic carboxylic acids is 1. The number of fused-ring (bicyclic) bond motifs is 1. The zero-order valence-corrected chi connectivity index (χ0v) is 19.7. The van der Waals surface area contributed by atoms with Crippen LogP contribution < -0.4 is 4.90 Å². The first-order valence-corrected chi connectivity index (χ1v) is 12.3. The van der Waals surface area contributed by atoms with E-state index in [1.807, 2.05) is 66.1 Å². The summed E-state index contributed by atoms with van der Waals surface area (Å²) in [5.74, 6) is -2.11. The molecule has 8 heteroatoms. The summed E-state index contributed by atoms with van der Waals surface area (Å²) in [6, 6.07) is 16.3. The van der Waals surface area contributed by atoms with Gasteiger partial charge < -0.3 is 10.2 Å². The largest absolute Gasteiger partial charge is 0.481 e. The van der Waals surface area contributed by atoms with Gasteiger partial charge in [0.1, 0.15) is 0 Å². The van der Waals surface area contributed by atoms with Gasteiger partial charge in [-0.15, -0.1) is 11.3 Å². The summed E-state index contributed by atoms with van der Waals surface area (Å²) in [6.07, 6.45) is 4.26. The fraction of sp³-hybridized carbons (Fsp3) is 0.269. The molecule has 6 nitrogen and oxygen atoms in total. The van der Waals surface area contributed by atoms with Crippen LogP contribution in [0.15, 0.2) is 72.1 Å². The number of aliphatic hydroxyl groups is 1. The molecule has 1 aliphatic carbocycles. The van der Waals surface area contributed by atoms with E-state index in [2.05, 4.69) is 4.98 Å². The smallest absolute Gasteiger partial charge is 0.304 e. The first-order chi connectivity index (χ1) is 16.5. The van der Waals surface area contributed by atoms with E-state index in [9.17, 15) is 19.8 Å². The molecule has 2 unspecified atom stereocenters. The lowest BCUT2D eigenvalue weighted by molar-refractivity contribution is -0.141. The molecule has 2 aliphatic rings. The summed E-state index contributed by atoms with van der Waals surface area (Å²) in [5, 5.41) is 22.7. The van der Waals surface area contributed by atoms with Gasteiger partial charge in [0.25, 0.3) is 0 Å². The van der Waals surface area contributed by atoms with Crippen LogP contribution in [0.3, 0.4) is 0 Å². The van der Waals surface area contributed by atoms with Crippen LogP contribution in [-0.4, -0.2) is 39.7 Å². The number of hydrogen-bond donors (Lipinski definition) is 2. The van der Waals surface area contributed by atoms with Crippen LogP contribution in [0.5, 0.6) is 0 Å². The molecule has 34 heavy (non-hydrogen) atoms. The van der Waals surface area contributed by atoms with Crippen molar-refractivity contribution in [1.29, 1.82) is 0 Å². The number of aliphatic hydroxyl groups excluding tert-OH is 1. The van der Waals surface area contributed by atoms with Crippen LogP contribution >= 0.6 is 22.9 Å². The lowest BCUT2D eigenvalue weighted by Gasteiger charge is -2.35. The molecule has 5 rings (SSSR count). The second-order valence-electron chi connectivity index (χ2n) is 8.71. The number of carboxylic acids is 1. The molecule has 2 aromatic carbocycles. The van der Waals surface area contributed by atoms with Gasteiger partial charge in [0.15, 0.2) is 5.13 Å². The number of nitrogens with zero attached hydrogens (tertiary/aromatic N) is 2. The molecule has 1 fully saturated rings. The Morgan fingerprint density at radius 2 is 1.88 bits per heavy atom. The van der Waals surface area contributed by atoms with Crippen molar-refractivity contribution in [3.63, 3.8) is 0 Å². The second-order valence-corrected chi connectivity index (χ2v) is 9.95. The number of hydrogen-bond acceptors (Lipinski definition) is 5. The van der Waals surface area contributed by atoms with E-state index in [1.54, 1.807) is 6.07 Å². The van der Waals surface area contributed by atoms with Crippen LogP contribution in [0.4, 0.5) is 5.13 Å². The third kappa shape index (κ3) is 3.83. The highest BCUT2D eigenvalue weighted by molar-refractivity contribution is 7.14. The number of benzene rings is 2. The van der Waals surface area contributed by atoms with Crippen molar-refractivity contribution in [3.05, 3.63) is 82.7 Å². The summed E-state index contributed by atoms with van der Waals surface area (Å²) in [6.45, 7) is -0.298. The predicted octanol–water partition coefficient (Wildman–Crippen LogP) is 4.78. The minimum atomic E-state index is -1.03. The standard InChI is InChI=1S/C26H23ClN2O4S/c27-21-9-5-4-8-19(21)22-15-34-25(28-22)29-18(14-30)11-10-17-13-26(17,16-6-2-1-3-7-16)20(24(29)33)12-23(31)32/h1-11,15,17-18,20,30H,12-14H2,(H,31,32)/t17?,18?,20-,26-/m1/s1. The number of rotatable bonds is 6. The molecular formula is C26H23ClN2O4S. The van der Waals surface area contributed by atoms with Crippen molar-refractivity contribution in [1.82, 2.24) is 4.98 Å². The van der Waals surface area contributed by atoms with E-state index in [0.717, 1.165) is 11.1 Å². The highest BCUT2D eigenvalue weighted by Gasteiger charge is 2.62. The molecule has 1 saturated carbocycles. The molecule has 1 aliphatic heterocycles. The fourth-order valence-corrected chi connectivity index (χ4v) is 6.24. The van der Waals surface area contributed by atoms with Crippen molar-refractivity contribution in [2.45, 2.75) is 24.3 Å². The molecule has 0 bridgehead atoms. The summed E-state index contributed by atoms with van der Waals surface area (Å²) < 4.78 is 0. The Hall–Kier alpha value is -3.00. The highest BCUT2D eigenvalue weighted by atomic mass is 35.5. The van der Waals surface area contributed by atoms with Crippen molar-refractivity contribution >= 4 is 39.9 Å². The molecule has 0 radical (unpaired) electrons. The Balaban J connectivity index is 1.60. The third-order valence-corrected chi connectivity index (χ3v) is 8.01. The maximum absolute atomic E-state index is 14.1. The van der Waals surface area contributed by atoms with E-state index in [4.69, 9.17) is 11.6 Å². The lowest BCUT2D eigenvalue weighted by Crippen LogP contribution is -2.49. The van der Waals surface area contributed by atoms with Gasteiger partial charge in [0, 0.05) is 21.4 Å². The van der Waals surface area contributed by atoms with Gasteiger partial charge in [-0.2, -0.15) is 0 Å². The zero-order valence-electron chi connectivity index (χ0n) is 18.2. The van der Waals surface area contributed by atoms with E-state index < -0.39 is 23.3 Å². The average Bonchev–Trinajstić information content (AvgIpc) is 3.36. The number of aromatic nitrogens is 1. The van der Waals surface area contributed by atoms with Crippen LogP contribution in [0, 0.1) is 11.8 Å². The van der Waals surface area contributed by atoms with E-state index >= 15 is 0 Å². The molecule has 0 spiro atoms. The van der Waals surface area contributed by atoms with E-state index in [-0.39, 0.29) is 24.9 Å². The summed E-state index contributed by atoms with van der Waals surface area (Å²) in [5.41, 5.74) is 1.74. The Labute approximate surface area is 206 Å². The van der Waals surface area contributed by atoms with Crippen LogP contribution in [0.25, 0.3) is 11.3 Å². The molecule has 3 aromatic rings. The maximum atomic E-state index is 14.1. The topological polar surface area (TPSA) is 90.7 Å². The summed E-state index contributed by atoms with van der Waals surface area (Å²) in [4.78, 5) is 32.1. The van der Waals surface area contributed by atoms with Crippen LogP contribution in [-0.2, 0) is 15.0 Å². The summed E-state index contributed by atoms with van der Waals surface area (Å²) >= 11 is 7.62. The van der Waals surface area contributed by atoms with Crippen molar-refractivity contribution in [2.24, 2.45) is 11.8 Å². The Morgan fingerprint density at radius 1 is 1.15 bits per heavy atom. The first-order valence-electron chi connectivity index (χ1n) is 11.1. The quantitative estimate of drug-likeness (QED) is 0.481. The Kier molecular flexibility index (Phi) is 6.02. The minimum Gasteiger partial charge on any atom is -0.481 e. The highest BCUT2D eigenvalue weighted by Crippen LogP contribution is 2.62. The van der Waals surface area contributed by atoms with Gasteiger partial charge in [-0.25, -0.2) is 4.98 Å². The van der Waals surface area contributed by atoms with Crippen LogP contribution in [0.2, 0.25) is 5.02 Å². The van der Waals surface area contributed by atoms with Crippen molar-refractivity contribution in [2.75, 3.05) is 11.5 Å². The maximum Gasteiger partial charge on any atom is 0.304 e. The minimum absolute atomic E-state index is 0.0365. The molecule has 174 valence electrons. The van der Waals surface area contributed by atoms with Gasteiger partial charge in [0.05, 0.1) is 30.7 Å².